The van der Waals surface area contributed by atoms with Gasteiger partial charge in [0.1, 0.15) is 5.75 Å². The highest BCUT2D eigenvalue weighted by Gasteiger charge is 2.24. The fourth-order valence-electron chi connectivity index (χ4n) is 4.62. The molecule has 2 heterocycles. The van der Waals surface area contributed by atoms with Crippen molar-refractivity contribution in [2.45, 2.75) is 25.4 Å². The zero-order valence-electron chi connectivity index (χ0n) is 19.7. The number of hydrogen-bond donors (Lipinski definition) is 1. The van der Waals surface area contributed by atoms with Crippen molar-refractivity contribution in [2.24, 2.45) is 0 Å². The molecule has 1 saturated heterocycles. The van der Waals surface area contributed by atoms with Crippen LogP contribution in [0.1, 0.15) is 28.9 Å². The average Bonchev–Trinajstić information content (AvgIpc) is 2.91. The maximum atomic E-state index is 13.3. The summed E-state index contributed by atoms with van der Waals surface area (Å²) in [7, 11) is 1.68. The predicted molar refractivity (Wildman–Crippen MR) is 136 cm³/mol. The molecule has 0 bridgehead atoms. The Morgan fingerprint density at radius 1 is 0.971 bits per heavy atom. The minimum absolute atomic E-state index is 0.0572. The van der Waals surface area contributed by atoms with Crippen molar-refractivity contribution in [2.75, 3.05) is 20.2 Å². The first-order valence-corrected chi connectivity index (χ1v) is 11.9. The second kappa shape index (κ2) is 10.1. The molecule has 0 atom stereocenters. The normalized spacial score (nSPS) is 14.7. The minimum Gasteiger partial charge on any atom is -0.497 e. The van der Waals surface area contributed by atoms with Gasteiger partial charge in [0.2, 0.25) is 0 Å². The molecule has 3 aromatic carbocycles. The summed E-state index contributed by atoms with van der Waals surface area (Å²) in [5.74, 6) is 0.610. The molecule has 0 unspecified atom stereocenters. The van der Waals surface area contributed by atoms with Gasteiger partial charge < -0.3 is 10.1 Å². The number of methoxy groups -OCH3 is 1. The quantitative estimate of drug-likeness (QED) is 0.466. The number of piperidine rings is 1. The Hall–Kier alpha value is -3.97. The van der Waals surface area contributed by atoms with Crippen LogP contribution in [-0.2, 0) is 6.54 Å². The van der Waals surface area contributed by atoms with E-state index in [1.54, 1.807) is 25.3 Å². The molecule has 0 aliphatic carbocycles. The Labute approximate surface area is 204 Å². The summed E-state index contributed by atoms with van der Waals surface area (Å²) in [5, 5.41) is 8.70. The van der Waals surface area contributed by atoms with Crippen LogP contribution in [-0.4, -0.2) is 46.8 Å². The summed E-state index contributed by atoms with van der Waals surface area (Å²) < 4.78 is 6.64. The Morgan fingerprint density at radius 2 is 1.69 bits per heavy atom. The zero-order valence-corrected chi connectivity index (χ0v) is 19.7. The summed E-state index contributed by atoms with van der Waals surface area (Å²) in [6, 6.07) is 24.5. The molecule has 0 spiro atoms. The van der Waals surface area contributed by atoms with Gasteiger partial charge in [-0.05, 0) is 48.7 Å². The van der Waals surface area contributed by atoms with Gasteiger partial charge in [-0.2, -0.15) is 9.78 Å². The predicted octanol–water partition coefficient (Wildman–Crippen LogP) is 3.79. The number of fused-ring (bicyclic) bond motifs is 1. The molecule has 7 heteroatoms. The Balaban J connectivity index is 1.31. The molecule has 35 heavy (non-hydrogen) atoms. The van der Waals surface area contributed by atoms with E-state index in [-0.39, 0.29) is 23.2 Å². The van der Waals surface area contributed by atoms with E-state index in [9.17, 15) is 9.59 Å². The van der Waals surface area contributed by atoms with Crippen molar-refractivity contribution in [3.05, 3.63) is 100 Å². The lowest BCUT2D eigenvalue weighted by molar-refractivity contribution is 0.0904. The minimum atomic E-state index is -0.253. The molecule has 1 N–H and O–H groups in total. The molecule has 4 aromatic rings. The standard InChI is InChI=1S/C28H28N4O3/c1-35-23-11-7-8-20(18-23)19-31-16-14-21(15-17-31)29-27(33)26-24-12-5-6-13-25(24)28(34)32(30-26)22-9-3-2-4-10-22/h2-13,18,21H,14-17,19H2,1H3,(H,29,33). The van der Waals surface area contributed by atoms with E-state index in [0.29, 0.717) is 16.5 Å². The number of likely N-dealkylation sites (tertiary alicyclic amines) is 1. The van der Waals surface area contributed by atoms with Gasteiger partial charge in [-0.25, -0.2) is 0 Å². The van der Waals surface area contributed by atoms with Crippen LogP contribution in [0.25, 0.3) is 16.5 Å². The number of nitrogens with one attached hydrogen (secondary N) is 1. The van der Waals surface area contributed by atoms with Crippen molar-refractivity contribution in [1.29, 1.82) is 0 Å². The van der Waals surface area contributed by atoms with Crippen LogP contribution in [0.2, 0.25) is 0 Å². The SMILES string of the molecule is COc1cccc(CN2CCC(NC(=O)c3nn(-c4ccccc4)c(=O)c4ccccc34)CC2)c1. The molecule has 1 amide bonds. The number of ether oxygens (including phenoxy) is 1. The molecule has 1 fully saturated rings. The second-order valence-electron chi connectivity index (χ2n) is 8.82. The highest BCUT2D eigenvalue weighted by molar-refractivity contribution is 6.05. The van der Waals surface area contributed by atoms with E-state index >= 15 is 0 Å². The van der Waals surface area contributed by atoms with E-state index in [1.165, 1.54) is 10.2 Å². The van der Waals surface area contributed by atoms with Gasteiger partial charge >= 0.3 is 0 Å². The lowest BCUT2D eigenvalue weighted by Gasteiger charge is -2.32. The van der Waals surface area contributed by atoms with Crippen LogP contribution in [0.3, 0.4) is 0 Å². The summed E-state index contributed by atoms with van der Waals surface area (Å²) in [6.07, 6.45) is 1.71. The summed E-state index contributed by atoms with van der Waals surface area (Å²) in [5.41, 5.74) is 1.87. The highest BCUT2D eigenvalue weighted by atomic mass is 16.5. The Bertz CT molecular complexity index is 1390. The lowest BCUT2D eigenvalue weighted by atomic mass is 10.0. The summed E-state index contributed by atoms with van der Waals surface area (Å²) >= 11 is 0. The molecule has 178 valence electrons. The summed E-state index contributed by atoms with van der Waals surface area (Å²) in [6.45, 7) is 2.63. The van der Waals surface area contributed by atoms with Crippen molar-refractivity contribution >= 4 is 16.7 Å². The third-order valence-electron chi connectivity index (χ3n) is 6.48. The van der Waals surface area contributed by atoms with Gasteiger partial charge in [0.25, 0.3) is 11.5 Å². The fraction of sp³-hybridized carbons (Fsp3) is 0.250. The van der Waals surface area contributed by atoms with Gasteiger partial charge in [-0.3, -0.25) is 14.5 Å². The van der Waals surface area contributed by atoms with Gasteiger partial charge in [0.05, 0.1) is 18.2 Å². The van der Waals surface area contributed by atoms with Gasteiger partial charge in [0.15, 0.2) is 5.69 Å². The molecular weight excluding hydrogens is 440 g/mol. The number of carbonyl (C=O) groups is 1. The van der Waals surface area contributed by atoms with Gasteiger partial charge in [-0.1, -0.05) is 48.5 Å². The number of nitrogens with zero attached hydrogens (tertiary/aromatic N) is 3. The number of para-hydroxylation sites is 1. The van der Waals surface area contributed by atoms with Gasteiger partial charge in [0, 0.05) is 31.1 Å². The smallest absolute Gasteiger partial charge is 0.279 e. The van der Waals surface area contributed by atoms with E-state index < -0.39 is 0 Å². The van der Waals surface area contributed by atoms with E-state index in [1.807, 2.05) is 48.5 Å². The summed E-state index contributed by atoms with van der Waals surface area (Å²) in [4.78, 5) is 28.8. The monoisotopic (exact) mass is 468 g/mol. The van der Waals surface area contributed by atoms with Crippen LogP contribution < -0.4 is 15.6 Å². The molecule has 7 nitrogen and oxygen atoms in total. The number of benzene rings is 3. The molecule has 0 radical (unpaired) electrons. The third kappa shape index (κ3) is 4.95. The van der Waals surface area contributed by atoms with Crippen LogP contribution in [0.4, 0.5) is 0 Å². The number of hydrogen-bond acceptors (Lipinski definition) is 5. The van der Waals surface area contributed by atoms with Crippen LogP contribution in [0.5, 0.6) is 5.75 Å². The average molecular weight is 469 g/mol. The largest absolute Gasteiger partial charge is 0.497 e. The molecule has 1 aliphatic rings. The molecular formula is C28H28N4O3. The number of amides is 1. The van der Waals surface area contributed by atoms with Crippen LogP contribution >= 0.6 is 0 Å². The number of carbonyl (C=O) groups excluding carboxylic acids is 1. The van der Waals surface area contributed by atoms with Crippen molar-refractivity contribution in [1.82, 2.24) is 20.0 Å². The first-order valence-electron chi connectivity index (χ1n) is 11.9. The van der Waals surface area contributed by atoms with Gasteiger partial charge in [-0.15, -0.1) is 0 Å². The second-order valence-corrected chi connectivity index (χ2v) is 8.82. The lowest BCUT2D eigenvalue weighted by Crippen LogP contribution is -2.45. The molecule has 1 aromatic heterocycles. The van der Waals surface area contributed by atoms with Crippen molar-refractivity contribution in [3.63, 3.8) is 0 Å². The first kappa shape index (κ1) is 22.8. The Morgan fingerprint density at radius 3 is 2.43 bits per heavy atom. The van der Waals surface area contributed by atoms with Crippen LogP contribution in [0.15, 0.2) is 83.7 Å². The third-order valence-corrected chi connectivity index (χ3v) is 6.48. The van der Waals surface area contributed by atoms with E-state index in [4.69, 9.17) is 4.74 Å². The van der Waals surface area contributed by atoms with Crippen LogP contribution in [0, 0.1) is 0 Å². The van der Waals surface area contributed by atoms with Crippen molar-refractivity contribution < 1.29 is 9.53 Å². The Kier molecular flexibility index (Phi) is 6.59. The zero-order chi connectivity index (χ0) is 24.2. The van der Waals surface area contributed by atoms with E-state index in [2.05, 4.69) is 27.4 Å². The number of rotatable bonds is 6. The molecule has 5 rings (SSSR count). The van der Waals surface area contributed by atoms with Crippen molar-refractivity contribution in [3.8, 4) is 11.4 Å². The highest BCUT2D eigenvalue weighted by Crippen LogP contribution is 2.19. The molecule has 1 aliphatic heterocycles. The maximum Gasteiger partial charge on any atom is 0.279 e. The molecule has 0 saturated carbocycles. The fourth-order valence-corrected chi connectivity index (χ4v) is 4.62. The first-order chi connectivity index (χ1) is 17.1. The topological polar surface area (TPSA) is 76.5 Å². The maximum absolute atomic E-state index is 13.3. The van der Waals surface area contributed by atoms with E-state index in [0.717, 1.165) is 38.2 Å². The number of aromatic nitrogens is 2.